The molecule has 158 valence electrons. The van der Waals surface area contributed by atoms with Crippen LogP contribution in [0.2, 0.25) is 0 Å². The molecule has 0 spiro atoms. The average Bonchev–Trinajstić information content (AvgIpc) is 3.42. The van der Waals surface area contributed by atoms with Gasteiger partial charge < -0.3 is 15.6 Å². The maximum atomic E-state index is 8.94. The lowest BCUT2D eigenvalue weighted by atomic mass is 9.97. The quantitative estimate of drug-likeness (QED) is 0.452. The molecule has 31 heavy (non-hydrogen) atoms. The van der Waals surface area contributed by atoms with E-state index in [2.05, 4.69) is 46.6 Å². The third-order valence-electron chi connectivity index (χ3n) is 6.28. The van der Waals surface area contributed by atoms with Crippen LogP contribution in [0.15, 0.2) is 12.3 Å². The molecule has 10 heteroatoms. The number of anilines is 3. The predicted octanol–water partition coefficient (Wildman–Crippen LogP) is 3.60. The summed E-state index contributed by atoms with van der Waals surface area (Å²) in [7, 11) is 0. The standard InChI is InChI=1S/C21H24N10/c1-12-8-17(30-29-12)26-20-18-16(23-2)11-24-19(18)27-21(28-20)25-13-9-14-4-5-15(10-13)31(14)7-3-6-22/h8,11,13-15H,3-5,7,9-10H2,1H3,(H4,24,25,26,27,28,29,30)/t13?,14-,15+. The molecule has 0 aromatic carbocycles. The summed E-state index contributed by atoms with van der Waals surface area (Å²) in [4.78, 5) is 18.5. The number of nitriles is 1. The minimum atomic E-state index is 0.282. The van der Waals surface area contributed by atoms with Crippen molar-refractivity contribution in [2.24, 2.45) is 0 Å². The highest BCUT2D eigenvalue weighted by Gasteiger charge is 2.40. The zero-order chi connectivity index (χ0) is 21.4. The molecule has 2 aliphatic rings. The van der Waals surface area contributed by atoms with E-state index < -0.39 is 0 Å². The molecule has 0 saturated carbocycles. The van der Waals surface area contributed by atoms with Crippen LogP contribution < -0.4 is 10.6 Å². The van der Waals surface area contributed by atoms with E-state index in [9.17, 15) is 0 Å². The Morgan fingerprint density at radius 1 is 1.32 bits per heavy atom. The number of piperidine rings is 1. The monoisotopic (exact) mass is 416 g/mol. The second-order valence-corrected chi connectivity index (χ2v) is 8.31. The minimum Gasteiger partial charge on any atom is -0.357 e. The smallest absolute Gasteiger partial charge is 0.226 e. The fraction of sp³-hybridized carbons (Fsp3) is 0.476. The Kier molecular flexibility index (Phi) is 4.92. The highest BCUT2D eigenvalue weighted by Crippen LogP contribution is 2.37. The number of aryl methyl sites for hydroxylation is 1. The van der Waals surface area contributed by atoms with Crippen LogP contribution in [0.4, 0.5) is 23.3 Å². The van der Waals surface area contributed by atoms with Crippen molar-refractivity contribution in [3.8, 4) is 6.07 Å². The first kappa shape index (κ1) is 19.3. The highest BCUT2D eigenvalue weighted by atomic mass is 15.3. The largest absolute Gasteiger partial charge is 0.357 e. The van der Waals surface area contributed by atoms with Gasteiger partial charge in [0.15, 0.2) is 5.82 Å². The van der Waals surface area contributed by atoms with E-state index in [0.29, 0.717) is 52.8 Å². The molecule has 0 amide bonds. The van der Waals surface area contributed by atoms with Gasteiger partial charge in [-0.1, -0.05) is 0 Å². The Hall–Kier alpha value is -3.63. The predicted molar refractivity (Wildman–Crippen MR) is 117 cm³/mol. The van der Waals surface area contributed by atoms with Crippen molar-refractivity contribution in [2.75, 3.05) is 17.2 Å². The molecule has 5 rings (SSSR count). The van der Waals surface area contributed by atoms with Gasteiger partial charge in [0, 0.05) is 49.0 Å². The Balaban J connectivity index is 1.40. The molecule has 5 heterocycles. The van der Waals surface area contributed by atoms with E-state index in [1.165, 1.54) is 12.8 Å². The molecule has 2 aliphatic heterocycles. The fourth-order valence-corrected chi connectivity index (χ4v) is 4.98. The van der Waals surface area contributed by atoms with Crippen molar-refractivity contribution < 1.29 is 0 Å². The van der Waals surface area contributed by atoms with Crippen LogP contribution in [0.3, 0.4) is 0 Å². The van der Waals surface area contributed by atoms with Gasteiger partial charge in [-0.2, -0.15) is 20.3 Å². The summed E-state index contributed by atoms with van der Waals surface area (Å²) >= 11 is 0. The summed E-state index contributed by atoms with van der Waals surface area (Å²) in [6.07, 6.45) is 6.65. The molecule has 3 aromatic heterocycles. The first-order valence-electron chi connectivity index (χ1n) is 10.6. The molecule has 4 N–H and O–H groups in total. The van der Waals surface area contributed by atoms with Crippen LogP contribution in [0.1, 0.15) is 37.8 Å². The number of nitrogens with zero attached hydrogens (tertiary/aromatic N) is 6. The number of aromatic nitrogens is 5. The lowest BCUT2D eigenvalue weighted by Crippen LogP contribution is -2.47. The Bertz CT molecular complexity index is 1170. The van der Waals surface area contributed by atoms with Crippen LogP contribution in [0.5, 0.6) is 0 Å². The number of fused-ring (bicyclic) bond motifs is 3. The number of hydrogen-bond donors (Lipinski definition) is 4. The van der Waals surface area contributed by atoms with Crippen molar-refractivity contribution in [1.29, 1.82) is 5.26 Å². The zero-order valence-corrected chi connectivity index (χ0v) is 17.3. The Morgan fingerprint density at radius 2 is 2.13 bits per heavy atom. The normalized spacial score (nSPS) is 22.9. The molecule has 0 radical (unpaired) electrons. The summed E-state index contributed by atoms with van der Waals surface area (Å²) in [6.45, 7) is 10.3. The van der Waals surface area contributed by atoms with Crippen LogP contribution in [-0.4, -0.2) is 54.7 Å². The van der Waals surface area contributed by atoms with E-state index in [-0.39, 0.29) is 6.04 Å². The van der Waals surface area contributed by atoms with Gasteiger partial charge in [-0.15, -0.1) is 0 Å². The lowest BCUT2D eigenvalue weighted by molar-refractivity contribution is 0.135. The summed E-state index contributed by atoms with van der Waals surface area (Å²) in [5, 5.41) is 23.5. The van der Waals surface area contributed by atoms with E-state index in [0.717, 1.165) is 25.1 Å². The Morgan fingerprint density at radius 3 is 2.81 bits per heavy atom. The summed E-state index contributed by atoms with van der Waals surface area (Å²) in [5.74, 6) is 1.74. The molecule has 10 nitrogen and oxygen atoms in total. The third-order valence-corrected chi connectivity index (χ3v) is 6.28. The molecule has 2 saturated heterocycles. The first-order valence-corrected chi connectivity index (χ1v) is 10.6. The second kappa shape index (κ2) is 7.89. The van der Waals surface area contributed by atoms with Gasteiger partial charge >= 0.3 is 0 Å². The minimum absolute atomic E-state index is 0.282. The SMILES string of the molecule is [C-]#[N+]c1c[nH]c2nc(NC3C[C@H]4CC[C@@H](C3)N4CCC#N)nc(Nc3cc(C)[nH]n3)c12. The van der Waals surface area contributed by atoms with E-state index in [1.807, 2.05) is 13.0 Å². The number of rotatable bonds is 6. The van der Waals surface area contributed by atoms with E-state index in [4.69, 9.17) is 16.8 Å². The van der Waals surface area contributed by atoms with Crippen molar-refractivity contribution in [3.63, 3.8) is 0 Å². The topological polar surface area (TPSA) is 126 Å². The Labute approximate surface area is 179 Å². The molecular formula is C21H24N10. The fourth-order valence-electron chi connectivity index (χ4n) is 4.98. The number of aromatic amines is 2. The van der Waals surface area contributed by atoms with Gasteiger partial charge in [0.1, 0.15) is 11.5 Å². The molecule has 2 bridgehead atoms. The molecule has 3 aromatic rings. The maximum absolute atomic E-state index is 8.94. The maximum Gasteiger partial charge on any atom is 0.226 e. The molecular weight excluding hydrogens is 392 g/mol. The van der Waals surface area contributed by atoms with Gasteiger partial charge in [0.05, 0.1) is 18.0 Å². The van der Waals surface area contributed by atoms with Crippen LogP contribution in [-0.2, 0) is 0 Å². The van der Waals surface area contributed by atoms with Gasteiger partial charge in [-0.3, -0.25) is 10.00 Å². The lowest BCUT2D eigenvalue weighted by Gasteiger charge is -2.38. The number of nitrogens with one attached hydrogen (secondary N) is 4. The molecule has 0 aliphatic carbocycles. The van der Waals surface area contributed by atoms with Crippen LogP contribution >= 0.6 is 0 Å². The van der Waals surface area contributed by atoms with Crippen LogP contribution in [0, 0.1) is 24.8 Å². The van der Waals surface area contributed by atoms with Crippen LogP contribution in [0.25, 0.3) is 15.9 Å². The molecule has 3 atom stereocenters. The summed E-state index contributed by atoms with van der Waals surface area (Å²) < 4.78 is 0. The summed E-state index contributed by atoms with van der Waals surface area (Å²) in [5.41, 5.74) is 2.03. The van der Waals surface area contributed by atoms with Crippen molar-refractivity contribution in [1.82, 2.24) is 30.0 Å². The van der Waals surface area contributed by atoms with E-state index >= 15 is 0 Å². The molecule has 1 unspecified atom stereocenters. The zero-order valence-electron chi connectivity index (χ0n) is 17.3. The average molecular weight is 416 g/mol. The summed E-state index contributed by atoms with van der Waals surface area (Å²) in [6, 6.07) is 5.46. The second-order valence-electron chi connectivity index (χ2n) is 8.31. The van der Waals surface area contributed by atoms with Crippen molar-refractivity contribution >= 4 is 34.3 Å². The van der Waals surface area contributed by atoms with Gasteiger partial charge in [-0.05, 0) is 32.6 Å². The van der Waals surface area contributed by atoms with Crippen molar-refractivity contribution in [2.45, 2.75) is 57.2 Å². The van der Waals surface area contributed by atoms with Crippen molar-refractivity contribution in [3.05, 3.63) is 29.4 Å². The van der Waals surface area contributed by atoms with Gasteiger partial charge in [0.2, 0.25) is 11.6 Å². The first-order chi connectivity index (χ1) is 15.1. The number of H-pyrrole nitrogens is 2. The third kappa shape index (κ3) is 3.66. The number of hydrogen-bond acceptors (Lipinski definition) is 7. The van der Waals surface area contributed by atoms with E-state index in [1.54, 1.807) is 6.20 Å². The van der Waals surface area contributed by atoms with Gasteiger partial charge in [-0.25, -0.2) is 4.85 Å². The molecule has 2 fully saturated rings. The van der Waals surface area contributed by atoms with Gasteiger partial charge in [0.25, 0.3) is 0 Å². The highest BCUT2D eigenvalue weighted by molar-refractivity contribution is 6.00.